The minimum absolute atomic E-state index is 0.0381. The molecule has 0 aromatic heterocycles. The molecule has 4 saturated carbocycles. The minimum Gasteiger partial charge on any atom is -0.458 e. The van der Waals surface area contributed by atoms with Gasteiger partial charge >= 0.3 is 5.97 Å². The molecule has 0 aromatic carbocycles. The number of rotatable bonds is 3. The Hall–Kier alpha value is -1.56. The molecular formula is C23H30O6. The second-order valence-corrected chi connectivity index (χ2v) is 10.5. The maximum Gasteiger partial charge on any atom is 0.303 e. The first kappa shape index (κ1) is 19.4. The molecule has 6 nitrogen and oxygen atoms in total. The zero-order chi connectivity index (χ0) is 20.8. The Morgan fingerprint density at radius 1 is 1.14 bits per heavy atom. The molecular weight excluding hydrogens is 372 g/mol. The quantitative estimate of drug-likeness (QED) is 0.533. The van der Waals surface area contributed by atoms with Crippen LogP contribution in [0.15, 0.2) is 0 Å². The highest BCUT2D eigenvalue weighted by atomic mass is 16.6. The average molecular weight is 402 g/mol. The number of carbonyl (C=O) groups is 4. The van der Waals surface area contributed by atoms with Gasteiger partial charge in [0.15, 0.2) is 12.2 Å². The van der Waals surface area contributed by atoms with Crippen molar-refractivity contribution in [1.82, 2.24) is 0 Å². The van der Waals surface area contributed by atoms with E-state index in [9.17, 15) is 19.2 Å². The minimum atomic E-state index is -1.10. The molecule has 29 heavy (non-hydrogen) atoms. The lowest BCUT2D eigenvalue weighted by molar-refractivity contribution is -0.169. The van der Waals surface area contributed by atoms with Gasteiger partial charge in [0.05, 0.1) is 11.5 Å². The molecule has 0 unspecified atom stereocenters. The number of hydrogen-bond acceptors (Lipinski definition) is 6. The van der Waals surface area contributed by atoms with Gasteiger partial charge in [0, 0.05) is 26.2 Å². The van der Waals surface area contributed by atoms with Crippen LogP contribution in [0.4, 0.5) is 0 Å². The molecule has 1 saturated heterocycles. The van der Waals surface area contributed by atoms with Crippen LogP contribution < -0.4 is 0 Å². The van der Waals surface area contributed by atoms with Crippen LogP contribution >= 0.6 is 0 Å². The van der Waals surface area contributed by atoms with Gasteiger partial charge in [-0.15, -0.1) is 0 Å². The van der Waals surface area contributed by atoms with E-state index < -0.39 is 17.0 Å². The molecule has 0 amide bonds. The third kappa shape index (κ3) is 2.32. The van der Waals surface area contributed by atoms with Gasteiger partial charge in [0.25, 0.3) is 0 Å². The van der Waals surface area contributed by atoms with E-state index in [4.69, 9.17) is 9.47 Å². The van der Waals surface area contributed by atoms with Crippen molar-refractivity contribution in [2.24, 2.45) is 34.5 Å². The summed E-state index contributed by atoms with van der Waals surface area (Å²) >= 11 is 0. The molecule has 5 fully saturated rings. The predicted molar refractivity (Wildman–Crippen MR) is 102 cm³/mol. The van der Waals surface area contributed by atoms with Crippen LogP contribution in [-0.2, 0) is 28.7 Å². The molecule has 5 aliphatic rings. The largest absolute Gasteiger partial charge is 0.458 e. The summed E-state index contributed by atoms with van der Waals surface area (Å²) in [5, 5.41) is 0. The van der Waals surface area contributed by atoms with E-state index >= 15 is 0 Å². The molecule has 0 bridgehead atoms. The van der Waals surface area contributed by atoms with Gasteiger partial charge < -0.3 is 9.47 Å². The fourth-order valence-corrected chi connectivity index (χ4v) is 7.93. The fraction of sp³-hybridized carbons (Fsp3) is 0.826. The third-order valence-corrected chi connectivity index (χ3v) is 9.59. The first-order valence-corrected chi connectivity index (χ1v) is 11.0. The van der Waals surface area contributed by atoms with Crippen LogP contribution in [0.1, 0.15) is 65.7 Å². The summed E-state index contributed by atoms with van der Waals surface area (Å²) in [5.41, 5.74) is -1.89. The summed E-state index contributed by atoms with van der Waals surface area (Å²) in [7, 11) is 0. The summed E-state index contributed by atoms with van der Waals surface area (Å²) in [6.45, 7) is 5.18. The molecule has 1 heterocycles. The Morgan fingerprint density at radius 3 is 2.62 bits per heavy atom. The highest BCUT2D eigenvalue weighted by Gasteiger charge is 2.83. The first-order chi connectivity index (χ1) is 13.6. The number of ketones is 3. The number of ether oxygens (including phenoxy) is 2. The van der Waals surface area contributed by atoms with Crippen molar-refractivity contribution in [2.75, 3.05) is 6.61 Å². The van der Waals surface area contributed by atoms with Gasteiger partial charge in [0.2, 0.25) is 5.78 Å². The number of esters is 1. The van der Waals surface area contributed by atoms with E-state index in [1.165, 1.54) is 6.92 Å². The number of epoxide rings is 1. The van der Waals surface area contributed by atoms with Gasteiger partial charge in [-0.25, -0.2) is 0 Å². The van der Waals surface area contributed by atoms with Crippen molar-refractivity contribution in [3.8, 4) is 0 Å². The van der Waals surface area contributed by atoms with Gasteiger partial charge in [-0.1, -0.05) is 6.92 Å². The molecule has 0 radical (unpaired) electrons. The Labute approximate surface area is 171 Å². The lowest BCUT2D eigenvalue weighted by Crippen LogP contribution is -2.60. The summed E-state index contributed by atoms with van der Waals surface area (Å²) in [6.07, 6.45) is 5.19. The first-order valence-electron chi connectivity index (χ1n) is 11.0. The maximum absolute atomic E-state index is 13.6. The molecule has 8 atom stereocenters. The molecule has 0 spiro atoms. The highest BCUT2D eigenvalue weighted by Crippen LogP contribution is 2.72. The monoisotopic (exact) mass is 402 g/mol. The smallest absolute Gasteiger partial charge is 0.303 e. The van der Waals surface area contributed by atoms with Crippen molar-refractivity contribution in [1.29, 1.82) is 0 Å². The zero-order valence-electron chi connectivity index (χ0n) is 17.5. The topological polar surface area (TPSA) is 90.0 Å². The van der Waals surface area contributed by atoms with Gasteiger partial charge in [-0.3, -0.25) is 19.2 Å². The summed E-state index contributed by atoms with van der Waals surface area (Å²) in [6, 6.07) is 0. The Balaban J connectivity index is 1.45. The molecule has 0 aromatic rings. The molecule has 1 aliphatic heterocycles. The van der Waals surface area contributed by atoms with Crippen LogP contribution in [0.3, 0.4) is 0 Å². The van der Waals surface area contributed by atoms with Crippen LogP contribution in [0.25, 0.3) is 0 Å². The number of hydrogen-bond donors (Lipinski definition) is 0. The molecule has 5 rings (SSSR count). The molecule has 6 heteroatoms. The fourth-order valence-electron chi connectivity index (χ4n) is 7.93. The number of Topliss-reactive ketones (excluding diaryl/α,β-unsaturated/α-hetero) is 3. The number of fused-ring (bicyclic) bond motifs is 7. The predicted octanol–water partition coefficient (Wildman–Crippen LogP) is 2.66. The van der Waals surface area contributed by atoms with Crippen LogP contribution in [0.2, 0.25) is 0 Å². The lowest BCUT2D eigenvalue weighted by Gasteiger charge is -2.59. The standard InChI is InChI=1S/C23H30O6/c1-12(24)28-11-19(27)23-20(29-23)10-17-15-5-4-13-8-14(25)6-7-21(13,2)16(15)9-18(26)22(17,23)3/h13,15-17,20H,4-11H2,1-3H3/t13-,15+,16-,17-,20+,21-,22+,23+/m0/s1. The molecule has 4 aliphatic carbocycles. The van der Waals surface area contributed by atoms with E-state index in [-0.39, 0.29) is 41.5 Å². The molecule has 158 valence electrons. The van der Waals surface area contributed by atoms with E-state index in [1.807, 2.05) is 6.92 Å². The van der Waals surface area contributed by atoms with Gasteiger partial charge in [0.1, 0.15) is 11.6 Å². The van der Waals surface area contributed by atoms with E-state index in [2.05, 4.69) is 6.92 Å². The summed E-state index contributed by atoms with van der Waals surface area (Å²) < 4.78 is 10.9. The van der Waals surface area contributed by atoms with Crippen molar-refractivity contribution in [2.45, 2.75) is 77.4 Å². The summed E-state index contributed by atoms with van der Waals surface area (Å²) in [5.74, 6) is 0.914. The van der Waals surface area contributed by atoms with E-state index in [0.29, 0.717) is 36.9 Å². The van der Waals surface area contributed by atoms with Crippen molar-refractivity contribution in [3.05, 3.63) is 0 Å². The van der Waals surface area contributed by atoms with Gasteiger partial charge in [-0.2, -0.15) is 0 Å². The van der Waals surface area contributed by atoms with Crippen molar-refractivity contribution in [3.63, 3.8) is 0 Å². The zero-order valence-corrected chi connectivity index (χ0v) is 17.5. The number of carbonyl (C=O) groups excluding carboxylic acids is 4. The Morgan fingerprint density at radius 2 is 1.90 bits per heavy atom. The Kier molecular flexibility index (Phi) is 4.01. The average Bonchev–Trinajstić information content (AvgIpc) is 3.34. The van der Waals surface area contributed by atoms with Crippen LogP contribution in [0.5, 0.6) is 0 Å². The second-order valence-electron chi connectivity index (χ2n) is 10.5. The second kappa shape index (κ2) is 5.99. The maximum atomic E-state index is 13.6. The van der Waals surface area contributed by atoms with Crippen LogP contribution in [-0.4, -0.2) is 41.6 Å². The highest BCUT2D eigenvalue weighted by molar-refractivity contribution is 6.02. The SMILES string of the molecule is CC(=O)OCC(=O)[C@@]12O[C@@H]1C[C@H]1[C@@H]3CC[C@H]4CC(=O)CC[C@]4(C)[C@H]3CC(=O)[C@@]12C. The van der Waals surface area contributed by atoms with Crippen LogP contribution in [0, 0.1) is 34.5 Å². The van der Waals surface area contributed by atoms with E-state index in [1.54, 1.807) is 0 Å². The lowest BCUT2D eigenvalue weighted by atomic mass is 9.44. The molecule has 0 N–H and O–H groups in total. The summed E-state index contributed by atoms with van der Waals surface area (Å²) in [4.78, 5) is 49.8. The van der Waals surface area contributed by atoms with Crippen molar-refractivity contribution < 1.29 is 28.7 Å². The van der Waals surface area contributed by atoms with E-state index in [0.717, 1.165) is 25.7 Å². The Bertz CT molecular complexity index is 818. The normalized spacial score (nSPS) is 50.1. The van der Waals surface area contributed by atoms with Gasteiger partial charge in [-0.05, 0) is 61.7 Å². The third-order valence-electron chi connectivity index (χ3n) is 9.59. The van der Waals surface area contributed by atoms with Crippen molar-refractivity contribution >= 4 is 23.3 Å².